The molecule has 4 aliphatic carbocycles. The first-order valence-corrected chi connectivity index (χ1v) is 13.9. The van der Waals surface area contributed by atoms with E-state index in [-0.39, 0.29) is 35.5 Å². The maximum Gasteiger partial charge on any atom is 0.302 e. The van der Waals surface area contributed by atoms with E-state index in [1.165, 1.54) is 13.8 Å². The molecule has 0 aromatic carbocycles. The average Bonchev–Trinajstić information content (AvgIpc) is 3.30. The zero-order chi connectivity index (χ0) is 27.6. The van der Waals surface area contributed by atoms with Gasteiger partial charge in [0.05, 0.1) is 24.5 Å². The molecule has 1 N–H and O–H groups in total. The van der Waals surface area contributed by atoms with Crippen molar-refractivity contribution in [1.82, 2.24) is 0 Å². The normalized spacial score (nSPS) is 50.2. The summed E-state index contributed by atoms with van der Waals surface area (Å²) in [4.78, 5) is 38.2. The summed E-state index contributed by atoms with van der Waals surface area (Å²) in [5.74, 6) is -1.21. The molecule has 5 aliphatic rings. The lowest BCUT2D eigenvalue weighted by atomic mass is 9.35. The molecule has 1 aliphatic heterocycles. The molecule has 1 aromatic rings. The van der Waals surface area contributed by atoms with Crippen LogP contribution < -0.4 is 0 Å². The van der Waals surface area contributed by atoms with Gasteiger partial charge in [0.1, 0.15) is 23.9 Å². The Hall–Kier alpha value is -2.19. The number of Topliss-reactive ketones (excluding diaryl/α,β-unsaturated/α-hetero) is 1. The van der Waals surface area contributed by atoms with Crippen LogP contribution in [0.5, 0.6) is 0 Å². The number of esters is 2. The molecule has 4 saturated carbocycles. The average molecular weight is 529 g/mol. The molecular formula is C30H40O8. The fourth-order valence-corrected chi connectivity index (χ4v) is 10.6. The number of aliphatic hydroxyl groups excluding tert-OH is 1. The molecule has 6 rings (SSSR count). The zero-order valence-corrected chi connectivity index (χ0v) is 23.4. The summed E-state index contributed by atoms with van der Waals surface area (Å²) in [6.45, 7) is 13.4. The maximum absolute atomic E-state index is 13.8. The first kappa shape index (κ1) is 26.1. The van der Waals surface area contributed by atoms with Crippen LogP contribution in [0, 0.1) is 33.5 Å². The summed E-state index contributed by atoms with van der Waals surface area (Å²) in [5.41, 5.74) is -2.19. The van der Waals surface area contributed by atoms with Crippen molar-refractivity contribution in [2.75, 3.05) is 0 Å². The van der Waals surface area contributed by atoms with Gasteiger partial charge in [-0.05, 0) is 37.2 Å². The second-order valence-corrected chi connectivity index (χ2v) is 13.8. The quantitative estimate of drug-likeness (QED) is 0.459. The Morgan fingerprint density at radius 1 is 1.00 bits per heavy atom. The van der Waals surface area contributed by atoms with Gasteiger partial charge in [-0.15, -0.1) is 0 Å². The van der Waals surface area contributed by atoms with Gasteiger partial charge in [-0.3, -0.25) is 14.4 Å². The van der Waals surface area contributed by atoms with E-state index in [1.807, 2.05) is 6.07 Å². The van der Waals surface area contributed by atoms with E-state index in [1.54, 1.807) is 12.5 Å². The number of hydrogen-bond donors (Lipinski definition) is 1. The maximum atomic E-state index is 13.8. The molecule has 2 heterocycles. The van der Waals surface area contributed by atoms with E-state index in [0.717, 1.165) is 18.4 Å². The smallest absolute Gasteiger partial charge is 0.302 e. The van der Waals surface area contributed by atoms with Crippen LogP contribution in [0.1, 0.15) is 85.6 Å². The van der Waals surface area contributed by atoms with Crippen LogP contribution in [0.3, 0.4) is 0 Å². The van der Waals surface area contributed by atoms with Gasteiger partial charge in [0, 0.05) is 47.5 Å². The third kappa shape index (κ3) is 2.81. The Bertz CT molecular complexity index is 1190. The summed E-state index contributed by atoms with van der Waals surface area (Å²) in [6.07, 6.45) is 3.30. The van der Waals surface area contributed by atoms with Crippen molar-refractivity contribution >= 4 is 17.7 Å². The van der Waals surface area contributed by atoms with Crippen LogP contribution in [0.4, 0.5) is 0 Å². The number of carbonyl (C=O) groups is 3. The lowest BCUT2D eigenvalue weighted by Crippen LogP contribution is -2.73. The molecule has 1 saturated heterocycles. The SMILES string of the molecule is CC(=O)O[C@H]1C[C@@H](OC(C)=O)C(C)(C)C2C[C@@H](O)[C@]3(C)C(CC[C@@]4(C)[C@H](c5ccoc5)C(=O)[C@H]5O[C@]543)[C@]21C. The van der Waals surface area contributed by atoms with Gasteiger partial charge in [0.25, 0.3) is 0 Å². The number of carbonyl (C=O) groups excluding carboxylic acids is 3. The van der Waals surface area contributed by atoms with Crippen molar-refractivity contribution in [2.45, 2.75) is 110 Å². The van der Waals surface area contributed by atoms with Gasteiger partial charge < -0.3 is 23.7 Å². The van der Waals surface area contributed by atoms with E-state index in [2.05, 4.69) is 34.6 Å². The van der Waals surface area contributed by atoms with Crippen molar-refractivity contribution < 1.29 is 38.1 Å². The number of aliphatic hydroxyl groups is 1. The molecule has 0 amide bonds. The Labute approximate surface area is 223 Å². The minimum absolute atomic E-state index is 0.0608. The van der Waals surface area contributed by atoms with Gasteiger partial charge in [-0.2, -0.15) is 0 Å². The molecule has 0 bridgehead atoms. The summed E-state index contributed by atoms with van der Waals surface area (Å²) < 4.78 is 23.7. The molecule has 11 atom stereocenters. The monoisotopic (exact) mass is 528 g/mol. The lowest BCUT2D eigenvalue weighted by Gasteiger charge is -2.70. The van der Waals surface area contributed by atoms with Gasteiger partial charge >= 0.3 is 11.9 Å². The van der Waals surface area contributed by atoms with E-state index in [4.69, 9.17) is 18.6 Å². The Balaban J connectivity index is 1.48. The third-order valence-corrected chi connectivity index (χ3v) is 12.1. The van der Waals surface area contributed by atoms with Crippen molar-refractivity contribution in [1.29, 1.82) is 0 Å². The summed E-state index contributed by atoms with van der Waals surface area (Å²) >= 11 is 0. The Kier molecular flexibility index (Phi) is 5.29. The largest absolute Gasteiger partial charge is 0.472 e. The van der Waals surface area contributed by atoms with Crippen LogP contribution in [0.15, 0.2) is 23.0 Å². The van der Waals surface area contributed by atoms with E-state index in [0.29, 0.717) is 12.8 Å². The second-order valence-electron chi connectivity index (χ2n) is 13.8. The highest BCUT2D eigenvalue weighted by Crippen LogP contribution is 2.82. The fourth-order valence-electron chi connectivity index (χ4n) is 10.6. The predicted molar refractivity (Wildman–Crippen MR) is 135 cm³/mol. The van der Waals surface area contributed by atoms with Crippen molar-refractivity contribution in [3.63, 3.8) is 0 Å². The van der Waals surface area contributed by atoms with Crippen LogP contribution >= 0.6 is 0 Å². The molecule has 38 heavy (non-hydrogen) atoms. The molecular weight excluding hydrogens is 488 g/mol. The van der Waals surface area contributed by atoms with E-state index >= 15 is 0 Å². The summed E-state index contributed by atoms with van der Waals surface area (Å²) in [5, 5.41) is 12.1. The number of rotatable bonds is 3. The van der Waals surface area contributed by atoms with Crippen molar-refractivity contribution in [3.8, 4) is 0 Å². The van der Waals surface area contributed by atoms with E-state index in [9.17, 15) is 19.5 Å². The number of ether oxygens (including phenoxy) is 3. The minimum atomic E-state index is -0.813. The lowest BCUT2D eigenvalue weighted by molar-refractivity contribution is -0.287. The van der Waals surface area contributed by atoms with Gasteiger partial charge in [0.2, 0.25) is 0 Å². The van der Waals surface area contributed by atoms with Crippen LogP contribution in [0.2, 0.25) is 0 Å². The topological polar surface area (TPSA) is 116 Å². The number of hydrogen-bond acceptors (Lipinski definition) is 8. The number of furan rings is 1. The summed E-state index contributed by atoms with van der Waals surface area (Å²) in [6, 6.07) is 1.87. The summed E-state index contributed by atoms with van der Waals surface area (Å²) in [7, 11) is 0. The van der Waals surface area contributed by atoms with Crippen LogP contribution in [0.25, 0.3) is 0 Å². The first-order chi connectivity index (χ1) is 17.7. The molecule has 8 heteroatoms. The molecule has 8 nitrogen and oxygen atoms in total. The Morgan fingerprint density at radius 2 is 1.66 bits per heavy atom. The van der Waals surface area contributed by atoms with Crippen LogP contribution in [-0.2, 0) is 28.6 Å². The fraction of sp³-hybridized carbons (Fsp3) is 0.767. The van der Waals surface area contributed by atoms with Crippen molar-refractivity contribution in [2.24, 2.45) is 33.5 Å². The molecule has 1 spiro atoms. The van der Waals surface area contributed by atoms with Crippen molar-refractivity contribution in [3.05, 3.63) is 24.2 Å². The molecule has 208 valence electrons. The standard InChI is InChI=1S/C30H40O8/c1-15(31)36-21-13-22(37-16(2)32)28(6)18-8-10-27(5)23(17-9-11-35-14-17)24(34)25-30(27,38-25)29(18,7)20(33)12-19(28)26(21,3)4/h9,11,14,18-23,25,33H,8,10,12-13H2,1-7H3/t18?,19?,20-,21-,22+,23-,25-,27+,28-,29+,30-/m1/s1. The van der Waals surface area contributed by atoms with Gasteiger partial charge in [-0.1, -0.05) is 34.6 Å². The second kappa shape index (κ2) is 7.72. The number of epoxide rings is 1. The highest BCUT2D eigenvalue weighted by atomic mass is 16.6. The number of fused-ring (bicyclic) bond motifs is 3. The molecule has 5 fully saturated rings. The third-order valence-electron chi connectivity index (χ3n) is 12.1. The molecule has 0 radical (unpaired) electrons. The predicted octanol–water partition coefficient (Wildman–Crippen LogP) is 4.19. The first-order valence-electron chi connectivity index (χ1n) is 13.9. The highest BCUT2D eigenvalue weighted by Gasteiger charge is 2.90. The zero-order valence-electron chi connectivity index (χ0n) is 23.4. The highest BCUT2D eigenvalue weighted by molar-refractivity contribution is 5.98. The minimum Gasteiger partial charge on any atom is -0.472 e. The van der Waals surface area contributed by atoms with Gasteiger partial charge in [-0.25, -0.2) is 0 Å². The van der Waals surface area contributed by atoms with E-state index < -0.39 is 51.7 Å². The molecule has 1 aromatic heterocycles. The molecule has 2 unspecified atom stereocenters. The van der Waals surface area contributed by atoms with Crippen LogP contribution in [-0.4, -0.2) is 52.8 Å². The number of ketones is 1. The Morgan fingerprint density at radius 3 is 2.26 bits per heavy atom. The van der Waals surface area contributed by atoms with Gasteiger partial charge in [0.15, 0.2) is 5.78 Å².